The zero-order chi connectivity index (χ0) is 15.8. The first-order valence-corrected chi connectivity index (χ1v) is 7.73. The number of carbonyl (C=O) groups is 1. The van der Waals surface area contributed by atoms with Crippen LogP contribution in [0.4, 0.5) is 5.69 Å². The van der Waals surface area contributed by atoms with Crippen molar-refractivity contribution >= 4 is 27.5 Å². The number of nitrogens with zero attached hydrogens (tertiary/aromatic N) is 2. The van der Waals surface area contributed by atoms with Crippen molar-refractivity contribution in [3.8, 4) is 0 Å². The Hall–Kier alpha value is -1.11. The van der Waals surface area contributed by atoms with Gasteiger partial charge in [-0.25, -0.2) is 0 Å². The van der Waals surface area contributed by atoms with Crippen molar-refractivity contribution in [2.45, 2.75) is 6.42 Å². The Bertz CT molecular complexity index is 466. The number of amides is 1. The summed E-state index contributed by atoms with van der Waals surface area (Å²) < 4.78 is 5.96. The third-order valence-electron chi connectivity index (χ3n) is 3.13. The largest absolute Gasteiger partial charge is 0.398 e. The van der Waals surface area contributed by atoms with E-state index in [1.54, 1.807) is 24.1 Å². The lowest BCUT2D eigenvalue weighted by molar-refractivity contribution is 0.0690. The number of rotatable bonds is 8. The van der Waals surface area contributed by atoms with Gasteiger partial charge < -0.3 is 20.3 Å². The predicted molar refractivity (Wildman–Crippen MR) is 89.5 cm³/mol. The van der Waals surface area contributed by atoms with Crippen LogP contribution in [-0.2, 0) is 4.74 Å². The van der Waals surface area contributed by atoms with Crippen LogP contribution >= 0.6 is 15.9 Å². The van der Waals surface area contributed by atoms with E-state index in [4.69, 9.17) is 10.5 Å². The molecule has 0 saturated carbocycles. The summed E-state index contributed by atoms with van der Waals surface area (Å²) in [7, 11) is 5.68. The van der Waals surface area contributed by atoms with Gasteiger partial charge in [0.05, 0.1) is 12.2 Å². The maximum Gasteiger partial charge on any atom is 0.256 e. The van der Waals surface area contributed by atoms with Gasteiger partial charge in [0.25, 0.3) is 5.91 Å². The number of carbonyl (C=O) groups excluding carboxylic acids is 1. The van der Waals surface area contributed by atoms with Crippen molar-refractivity contribution in [2.24, 2.45) is 0 Å². The standard InChI is InChI=1S/C15H24BrN3O2/c1-18(2)7-4-8-19(9-10-21-3)15(20)13-6-5-12(16)11-14(13)17/h5-6,11H,4,7-10,17H2,1-3H3. The number of benzene rings is 1. The smallest absolute Gasteiger partial charge is 0.256 e. The van der Waals surface area contributed by atoms with Gasteiger partial charge in [0.2, 0.25) is 0 Å². The molecular formula is C15H24BrN3O2. The quantitative estimate of drug-likeness (QED) is 0.723. The van der Waals surface area contributed by atoms with Gasteiger partial charge in [0, 0.05) is 30.4 Å². The first kappa shape index (κ1) is 17.9. The Morgan fingerprint density at radius 1 is 1.29 bits per heavy atom. The molecule has 5 nitrogen and oxygen atoms in total. The first-order chi connectivity index (χ1) is 9.95. The SMILES string of the molecule is COCCN(CCCN(C)C)C(=O)c1ccc(Br)cc1N. The van der Waals surface area contributed by atoms with Crippen LogP contribution in [0.2, 0.25) is 0 Å². The van der Waals surface area contributed by atoms with Crippen LogP contribution in [0, 0.1) is 0 Å². The van der Waals surface area contributed by atoms with Gasteiger partial charge in [0.1, 0.15) is 0 Å². The minimum absolute atomic E-state index is 0.0455. The number of nitrogen functional groups attached to an aromatic ring is 1. The summed E-state index contributed by atoms with van der Waals surface area (Å²) in [6.45, 7) is 2.71. The van der Waals surface area contributed by atoms with Gasteiger partial charge in [-0.05, 0) is 45.3 Å². The molecule has 0 aromatic heterocycles. The Labute approximate surface area is 135 Å². The van der Waals surface area contributed by atoms with Crippen molar-refractivity contribution in [1.82, 2.24) is 9.80 Å². The van der Waals surface area contributed by atoms with Crippen molar-refractivity contribution in [2.75, 3.05) is 53.2 Å². The number of hydrogen-bond donors (Lipinski definition) is 1. The molecule has 2 N–H and O–H groups in total. The van der Waals surface area contributed by atoms with E-state index in [1.807, 2.05) is 20.2 Å². The third kappa shape index (κ3) is 6.03. The van der Waals surface area contributed by atoms with Crippen LogP contribution in [0.5, 0.6) is 0 Å². The van der Waals surface area contributed by atoms with E-state index in [1.165, 1.54) is 0 Å². The fraction of sp³-hybridized carbons (Fsp3) is 0.533. The molecule has 0 fully saturated rings. The van der Waals surface area contributed by atoms with E-state index < -0.39 is 0 Å². The highest BCUT2D eigenvalue weighted by Crippen LogP contribution is 2.20. The molecular weight excluding hydrogens is 334 g/mol. The van der Waals surface area contributed by atoms with Gasteiger partial charge in [-0.15, -0.1) is 0 Å². The maximum atomic E-state index is 12.6. The number of nitrogens with two attached hydrogens (primary N) is 1. The molecule has 0 atom stereocenters. The lowest BCUT2D eigenvalue weighted by Crippen LogP contribution is -2.36. The molecule has 1 aromatic rings. The predicted octanol–water partition coefficient (Wildman–Crippen LogP) is 2.07. The summed E-state index contributed by atoms with van der Waals surface area (Å²) in [6.07, 6.45) is 0.916. The third-order valence-corrected chi connectivity index (χ3v) is 3.62. The Balaban J connectivity index is 2.77. The zero-order valence-electron chi connectivity index (χ0n) is 12.9. The van der Waals surface area contributed by atoms with E-state index in [-0.39, 0.29) is 5.91 Å². The normalized spacial score (nSPS) is 10.9. The maximum absolute atomic E-state index is 12.6. The molecule has 0 spiro atoms. The highest BCUT2D eigenvalue weighted by Gasteiger charge is 2.17. The Morgan fingerprint density at radius 3 is 2.57 bits per heavy atom. The monoisotopic (exact) mass is 357 g/mol. The summed E-state index contributed by atoms with van der Waals surface area (Å²) in [5.41, 5.74) is 6.98. The van der Waals surface area contributed by atoms with Crippen LogP contribution in [-0.4, -0.2) is 63.2 Å². The molecule has 0 saturated heterocycles. The van der Waals surface area contributed by atoms with Crippen LogP contribution in [0.25, 0.3) is 0 Å². The van der Waals surface area contributed by atoms with Crippen molar-refractivity contribution < 1.29 is 9.53 Å². The summed E-state index contributed by atoms with van der Waals surface area (Å²) in [6, 6.07) is 5.34. The number of methoxy groups -OCH3 is 1. The van der Waals surface area contributed by atoms with Crippen LogP contribution in [0.15, 0.2) is 22.7 Å². The molecule has 0 aliphatic rings. The number of ether oxygens (including phenoxy) is 1. The molecule has 1 amide bonds. The molecule has 0 bridgehead atoms. The van der Waals surface area contributed by atoms with Crippen LogP contribution in [0.3, 0.4) is 0 Å². The highest BCUT2D eigenvalue weighted by atomic mass is 79.9. The van der Waals surface area contributed by atoms with Crippen molar-refractivity contribution in [3.05, 3.63) is 28.2 Å². The minimum Gasteiger partial charge on any atom is -0.398 e. The van der Waals surface area contributed by atoms with Gasteiger partial charge in [0.15, 0.2) is 0 Å². The molecule has 0 aliphatic heterocycles. The number of hydrogen-bond acceptors (Lipinski definition) is 4. The second-order valence-electron chi connectivity index (χ2n) is 5.17. The van der Waals surface area contributed by atoms with E-state index in [0.29, 0.717) is 30.9 Å². The molecule has 21 heavy (non-hydrogen) atoms. The Morgan fingerprint density at radius 2 is 2.00 bits per heavy atom. The van der Waals surface area contributed by atoms with Gasteiger partial charge in [-0.3, -0.25) is 4.79 Å². The first-order valence-electron chi connectivity index (χ1n) is 6.93. The van der Waals surface area contributed by atoms with Crippen LogP contribution < -0.4 is 5.73 Å². The van der Waals surface area contributed by atoms with Gasteiger partial charge >= 0.3 is 0 Å². The second-order valence-corrected chi connectivity index (χ2v) is 6.09. The lowest BCUT2D eigenvalue weighted by Gasteiger charge is -2.24. The zero-order valence-corrected chi connectivity index (χ0v) is 14.5. The fourth-order valence-electron chi connectivity index (χ4n) is 1.99. The molecule has 0 unspecified atom stereocenters. The average molecular weight is 358 g/mol. The Kier molecular flexibility index (Phi) is 7.71. The minimum atomic E-state index is -0.0455. The van der Waals surface area contributed by atoms with Crippen LogP contribution in [0.1, 0.15) is 16.8 Å². The van der Waals surface area contributed by atoms with E-state index in [0.717, 1.165) is 17.4 Å². The summed E-state index contributed by atoms with van der Waals surface area (Å²) in [4.78, 5) is 16.5. The average Bonchev–Trinajstić information content (AvgIpc) is 2.41. The summed E-state index contributed by atoms with van der Waals surface area (Å²) in [5, 5.41) is 0. The molecule has 1 rings (SSSR count). The molecule has 0 heterocycles. The highest BCUT2D eigenvalue weighted by molar-refractivity contribution is 9.10. The second kappa shape index (κ2) is 9.02. The molecule has 0 aliphatic carbocycles. The summed E-state index contributed by atoms with van der Waals surface area (Å²) >= 11 is 3.35. The lowest BCUT2D eigenvalue weighted by atomic mass is 10.1. The topological polar surface area (TPSA) is 58.8 Å². The molecule has 6 heteroatoms. The number of halogens is 1. The van der Waals surface area contributed by atoms with Crippen molar-refractivity contribution in [3.63, 3.8) is 0 Å². The van der Waals surface area contributed by atoms with E-state index in [9.17, 15) is 4.79 Å². The fourth-order valence-corrected chi connectivity index (χ4v) is 2.37. The van der Waals surface area contributed by atoms with Crippen molar-refractivity contribution in [1.29, 1.82) is 0 Å². The molecule has 1 aromatic carbocycles. The van der Waals surface area contributed by atoms with Gasteiger partial charge in [-0.2, -0.15) is 0 Å². The van der Waals surface area contributed by atoms with Gasteiger partial charge in [-0.1, -0.05) is 15.9 Å². The van der Waals surface area contributed by atoms with E-state index in [2.05, 4.69) is 20.8 Å². The summed E-state index contributed by atoms with van der Waals surface area (Å²) in [5.74, 6) is -0.0455. The molecule has 118 valence electrons. The van der Waals surface area contributed by atoms with E-state index >= 15 is 0 Å². The number of anilines is 1. The molecule has 0 radical (unpaired) electrons.